The number of hydrogen-bond donors (Lipinski definition) is 4. The van der Waals surface area contributed by atoms with E-state index in [4.69, 9.17) is 9.47 Å². The second-order valence-corrected chi connectivity index (χ2v) is 7.90. The first-order valence-corrected chi connectivity index (χ1v) is 11.2. The lowest BCUT2D eigenvalue weighted by atomic mass is 9.98. The van der Waals surface area contributed by atoms with Gasteiger partial charge in [-0.15, -0.1) is 0 Å². The van der Waals surface area contributed by atoms with Crippen LogP contribution in [0.2, 0.25) is 0 Å². The van der Waals surface area contributed by atoms with Gasteiger partial charge < -0.3 is 29.9 Å². The van der Waals surface area contributed by atoms with Crippen LogP contribution in [0.15, 0.2) is 18.2 Å². The van der Waals surface area contributed by atoms with Gasteiger partial charge in [0.05, 0.1) is 7.11 Å². The van der Waals surface area contributed by atoms with Gasteiger partial charge in [-0.2, -0.15) is 0 Å². The smallest absolute Gasteiger partial charge is 0.347 e. The number of carboxylic acid groups (broad SMARTS) is 1. The number of aryl methyl sites for hydroxylation is 2. The van der Waals surface area contributed by atoms with Crippen molar-refractivity contribution in [3.05, 3.63) is 40.5 Å². The molecule has 0 saturated heterocycles. The van der Waals surface area contributed by atoms with Crippen LogP contribution in [-0.2, 0) is 12.8 Å². The van der Waals surface area contributed by atoms with Gasteiger partial charge in [0.1, 0.15) is 22.6 Å². The molecule has 0 amide bonds. The van der Waals surface area contributed by atoms with Crippen LogP contribution in [0.3, 0.4) is 0 Å². The van der Waals surface area contributed by atoms with Gasteiger partial charge in [0.25, 0.3) is 0 Å². The summed E-state index contributed by atoms with van der Waals surface area (Å²) in [5.74, 6) is -4.17. The summed E-state index contributed by atoms with van der Waals surface area (Å²) in [6, 6.07) is 3.85. The number of aromatic carboxylic acids is 1. The number of unbranched alkanes of at least 4 members (excludes halogenated alkanes) is 4. The van der Waals surface area contributed by atoms with Crippen LogP contribution in [0, 0.1) is 0 Å². The first-order chi connectivity index (χ1) is 15.7. The fraction of sp³-hybridized carbons (Fsp3) is 0.440. The molecule has 8 nitrogen and oxygen atoms in total. The predicted molar refractivity (Wildman–Crippen MR) is 123 cm³/mol. The minimum Gasteiger partial charge on any atom is -0.508 e. The molecule has 33 heavy (non-hydrogen) atoms. The lowest BCUT2D eigenvalue weighted by Gasteiger charge is -2.17. The SMILES string of the molecule is CCCCCc1cc(O)cc(O)c1C(=O)Oc1c(OC)cc(CCCCC)c(C(=O)O)c1O. The zero-order valence-electron chi connectivity index (χ0n) is 19.3. The van der Waals surface area contributed by atoms with Crippen LogP contribution in [0.5, 0.6) is 28.7 Å². The highest BCUT2D eigenvalue weighted by Crippen LogP contribution is 2.43. The van der Waals surface area contributed by atoms with Crippen LogP contribution in [0.4, 0.5) is 0 Å². The van der Waals surface area contributed by atoms with Crippen molar-refractivity contribution < 1.29 is 39.5 Å². The molecule has 0 atom stereocenters. The predicted octanol–water partition coefficient (Wildman–Crippen LogP) is 5.19. The normalized spacial score (nSPS) is 10.8. The van der Waals surface area contributed by atoms with Crippen molar-refractivity contribution in [2.24, 2.45) is 0 Å². The topological polar surface area (TPSA) is 134 Å². The number of ether oxygens (including phenoxy) is 2. The number of aromatic hydroxyl groups is 3. The standard InChI is InChI=1S/C25H32O8/c1-4-6-8-10-15-12-17(26)14-18(27)20(15)25(31)33-23-19(32-3)13-16(11-9-7-5-2)21(22(23)28)24(29)30/h12-14,26-28H,4-11H2,1-3H3,(H,29,30). The van der Waals surface area contributed by atoms with Gasteiger partial charge in [-0.1, -0.05) is 39.5 Å². The summed E-state index contributed by atoms with van der Waals surface area (Å²) in [4.78, 5) is 24.9. The molecule has 0 radical (unpaired) electrons. The minimum absolute atomic E-state index is 0.00292. The summed E-state index contributed by atoms with van der Waals surface area (Å²) in [7, 11) is 1.32. The van der Waals surface area contributed by atoms with E-state index in [2.05, 4.69) is 0 Å². The second-order valence-electron chi connectivity index (χ2n) is 7.90. The van der Waals surface area contributed by atoms with Crippen LogP contribution < -0.4 is 9.47 Å². The highest BCUT2D eigenvalue weighted by atomic mass is 16.6. The number of hydrogen-bond acceptors (Lipinski definition) is 7. The van der Waals surface area contributed by atoms with Gasteiger partial charge in [-0.05, 0) is 48.9 Å². The van der Waals surface area contributed by atoms with Gasteiger partial charge in [0.2, 0.25) is 5.75 Å². The molecule has 0 saturated carbocycles. The summed E-state index contributed by atoms with van der Waals surface area (Å²) in [5.41, 5.74) is 0.249. The van der Waals surface area contributed by atoms with E-state index in [1.165, 1.54) is 19.2 Å². The second kappa shape index (κ2) is 12.0. The van der Waals surface area contributed by atoms with Crippen molar-refractivity contribution in [3.63, 3.8) is 0 Å². The maximum Gasteiger partial charge on any atom is 0.347 e. The fourth-order valence-corrected chi connectivity index (χ4v) is 3.74. The zero-order valence-corrected chi connectivity index (χ0v) is 19.3. The summed E-state index contributed by atoms with van der Waals surface area (Å²) >= 11 is 0. The molecule has 4 N–H and O–H groups in total. The third-order valence-electron chi connectivity index (χ3n) is 5.42. The highest BCUT2D eigenvalue weighted by Gasteiger charge is 2.28. The number of rotatable bonds is 12. The number of carbonyl (C=O) groups excluding carboxylic acids is 1. The lowest BCUT2D eigenvalue weighted by molar-refractivity contribution is 0.0676. The van der Waals surface area contributed by atoms with Crippen molar-refractivity contribution in [1.82, 2.24) is 0 Å². The molecular weight excluding hydrogens is 428 g/mol. The number of methoxy groups -OCH3 is 1. The maximum absolute atomic E-state index is 13.0. The third-order valence-corrected chi connectivity index (χ3v) is 5.42. The molecule has 0 unspecified atom stereocenters. The minimum atomic E-state index is -1.35. The van der Waals surface area contributed by atoms with E-state index < -0.39 is 29.2 Å². The maximum atomic E-state index is 13.0. The number of phenols is 3. The Balaban J connectivity index is 2.49. The molecule has 0 fully saturated rings. The van der Waals surface area contributed by atoms with Gasteiger partial charge in [-0.25, -0.2) is 9.59 Å². The van der Waals surface area contributed by atoms with E-state index in [1.54, 1.807) is 0 Å². The Labute approximate surface area is 193 Å². The quantitative estimate of drug-likeness (QED) is 0.193. The molecule has 180 valence electrons. The molecule has 2 aromatic rings. The Morgan fingerprint density at radius 2 is 1.42 bits per heavy atom. The lowest BCUT2D eigenvalue weighted by Crippen LogP contribution is -2.14. The summed E-state index contributed by atoms with van der Waals surface area (Å²) in [5, 5.41) is 40.6. The van der Waals surface area contributed by atoms with Crippen LogP contribution in [-0.4, -0.2) is 39.5 Å². The average Bonchev–Trinajstić information content (AvgIpc) is 2.74. The molecular formula is C25H32O8. The molecule has 0 spiro atoms. The summed E-state index contributed by atoms with van der Waals surface area (Å²) in [6.45, 7) is 4.05. The van der Waals surface area contributed by atoms with Crippen molar-refractivity contribution in [1.29, 1.82) is 0 Å². The number of benzene rings is 2. The first kappa shape index (κ1) is 25.8. The van der Waals surface area contributed by atoms with Gasteiger partial charge >= 0.3 is 11.9 Å². The monoisotopic (exact) mass is 460 g/mol. The average molecular weight is 461 g/mol. The van der Waals surface area contributed by atoms with E-state index in [1.807, 2.05) is 13.8 Å². The molecule has 2 rings (SSSR count). The van der Waals surface area contributed by atoms with Crippen molar-refractivity contribution in [2.75, 3.05) is 7.11 Å². The van der Waals surface area contributed by atoms with Crippen LogP contribution in [0.1, 0.15) is 84.2 Å². The molecule has 8 heteroatoms. The van der Waals surface area contributed by atoms with Crippen molar-refractivity contribution in [2.45, 2.75) is 65.2 Å². The summed E-state index contributed by atoms with van der Waals surface area (Å²) < 4.78 is 10.6. The van der Waals surface area contributed by atoms with E-state index in [-0.39, 0.29) is 22.6 Å². The van der Waals surface area contributed by atoms with Crippen molar-refractivity contribution in [3.8, 4) is 28.7 Å². The largest absolute Gasteiger partial charge is 0.508 e. The van der Waals surface area contributed by atoms with Crippen molar-refractivity contribution >= 4 is 11.9 Å². The van der Waals surface area contributed by atoms with Gasteiger partial charge in [0, 0.05) is 6.07 Å². The third kappa shape index (κ3) is 6.31. The van der Waals surface area contributed by atoms with E-state index in [0.29, 0.717) is 24.0 Å². The molecule has 0 aliphatic carbocycles. The number of esters is 1. The first-order valence-electron chi connectivity index (χ1n) is 11.2. The zero-order chi connectivity index (χ0) is 24.5. The highest BCUT2D eigenvalue weighted by molar-refractivity contribution is 5.98. The molecule has 0 aliphatic heterocycles. The Morgan fingerprint density at radius 3 is 1.94 bits per heavy atom. The molecule has 0 aliphatic rings. The molecule has 0 aromatic heterocycles. The molecule has 0 bridgehead atoms. The molecule has 0 heterocycles. The van der Waals surface area contributed by atoms with Gasteiger partial charge in [-0.3, -0.25) is 0 Å². The number of carboxylic acids is 1. The Kier molecular flexibility index (Phi) is 9.39. The van der Waals surface area contributed by atoms with Crippen LogP contribution >= 0.6 is 0 Å². The Bertz CT molecular complexity index is 997. The van der Waals surface area contributed by atoms with E-state index in [9.17, 15) is 30.0 Å². The number of phenolic OH excluding ortho intramolecular Hbond substituents is 2. The fourth-order valence-electron chi connectivity index (χ4n) is 3.74. The van der Waals surface area contributed by atoms with E-state index in [0.717, 1.165) is 44.6 Å². The Hall–Kier alpha value is -3.42. The number of carbonyl (C=O) groups is 2. The van der Waals surface area contributed by atoms with Crippen LogP contribution in [0.25, 0.3) is 0 Å². The van der Waals surface area contributed by atoms with Gasteiger partial charge in [0.15, 0.2) is 11.5 Å². The van der Waals surface area contributed by atoms with E-state index >= 15 is 0 Å². The molecule has 2 aromatic carbocycles. The summed E-state index contributed by atoms with van der Waals surface area (Å²) in [6.07, 6.45) is 5.94. The Morgan fingerprint density at radius 1 is 0.848 bits per heavy atom.